The van der Waals surface area contributed by atoms with E-state index in [-0.39, 0.29) is 30.7 Å². The molecular weight excluding hydrogens is 261 g/mol. The van der Waals surface area contributed by atoms with Crippen molar-refractivity contribution in [2.75, 3.05) is 20.1 Å². The van der Waals surface area contributed by atoms with Crippen LogP contribution in [0.25, 0.3) is 0 Å². The van der Waals surface area contributed by atoms with E-state index in [4.69, 9.17) is 0 Å². The molecule has 1 saturated carbocycles. The predicted octanol–water partition coefficient (Wildman–Crippen LogP) is 0.791. The number of carbonyl (C=O) groups is 1. The van der Waals surface area contributed by atoms with Gasteiger partial charge in [0.25, 0.3) is 0 Å². The van der Waals surface area contributed by atoms with Crippen LogP contribution in [0.2, 0.25) is 0 Å². The van der Waals surface area contributed by atoms with Crippen LogP contribution < -0.4 is 10.6 Å². The summed E-state index contributed by atoms with van der Waals surface area (Å²) in [7, 11) is 1.80. The molecule has 2 atom stereocenters. The molecule has 1 amide bonds. The van der Waals surface area contributed by atoms with Crippen molar-refractivity contribution in [2.24, 2.45) is 0 Å². The number of hydrogen-bond acceptors (Lipinski definition) is 3. The zero-order valence-corrected chi connectivity index (χ0v) is 12.1. The van der Waals surface area contributed by atoms with Crippen LogP contribution in [0.15, 0.2) is 0 Å². The summed E-state index contributed by atoms with van der Waals surface area (Å²) in [5, 5.41) is 5.95. The normalized spacial score (nSPS) is 28.1. The van der Waals surface area contributed by atoms with Crippen molar-refractivity contribution in [1.29, 1.82) is 0 Å². The summed E-state index contributed by atoms with van der Waals surface area (Å²) in [6.45, 7) is 3.73. The van der Waals surface area contributed by atoms with Crippen molar-refractivity contribution < 1.29 is 4.79 Å². The molecule has 4 nitrogen and oxygen atoms in total. The third-order valence-corrected chi connectivity index (χ3v) is 3.34. The molecule has 102 valence electrons. The number of likely N-dealkylation sites (tertiary alicyclic amines) is 1. The van der Waals surface area contributed by atoms with Crippen LogP contribution in [0.4, 0.5) is 0 Å². The van der Waals surface area contributed by atoms with Crippen LogP contribution in [0.3, 0.4) is 0 Å². The van der Waals surface area contributed by atoms with Gasteiger partial charge < -0.3 is 10.6 Å². The lowest BCUT2D eigenvalue weighted by atomic mass is 10.2. The molecule has 6 heteroatoms. The second kappa shape index (κ2) is 7.41. The minimum atomic E-state index is 0. The fourth-order valence-electron chi connectivity index (χ4n) is 2.52. The molecule has 2 aliphatic rings. The third kappa shape index (κ3) is 4.62. The van der Waals surface area contributed by atoms with E-state index >= 15 is 0 Å². The Labute approximate surface area is 116 Å². The van der Waals surface area contributed by atoms with Crippen LogP contribution in [0.1, 0.15) is 26.2 Å². The maximum atomic E-state index is 11.4. The molecule has 2 unspecified atom stereocenters. The summed E-state index contributed by atoms with van der Waals surface area (Å²) in [6, 6.07) is 1.81. The summed E-state index contributed by atoms with van der Waals surface area (Å²) < 4.78 is 0. The standard InChI is InChI=1S/C11H21N3O.2ClH/c1-8-5-9(13-11(15)6-12-2)7-14(8)10-3-4-10;;/h8-10,12H,3-7H2,1-2H3,(H,13,15);2*1H. The Balaban J connectivity index is 0.00000128. The van der Waals surface area contributed by atoms with Gasteiger partial charge in [0, 0.05) is 24.7 Å². The van der Waals surface area contributed by atoms with Crippen molar-refractivity contribution in [1.82, 2.24) is 15.5 Å². The minimum Gasteiger partial charge on any atom is -0.351 e. The molecule has 0 aromatic heterocycles. The summed E-state index contributed by atoms with van der Waals surface area (Å²) in [6.07, 6.45) is 3.80. The maximum Gasteiger partial charge on any atom is 0.234 e. The van der Waals surface area contributed by atoms with E-state index in [1.807, 2.05) is 0 Å². The molecule has 1 aliphatic heterocycles. The zero-order valence-electron chi connectivity index (χ0n) is 10.4. The van der Waals surface area contributed by atoms with Gasteiger partial charge in [0.15, 0.2) is 0 Å². The quantitative estimate of drug-likeness (QED) is 0.802. The van der Waals surface area contributed by atoms with Crippen LogP contribution >= 0.6 is 24.8 Å². The third-order valence-electron chi connectivity index (χ3n) is 3.34. The highest BCUT2D eigenvalue weighted by Gasteiger charge is 2.38. The number of rotatable bonds is 4. The topological polar surface area (TPSA) is 44.4 Å². The Bertz CT molecular complexity index is 249. The second-order valence-corrected chi connectivity index (χ2v) is 4.81. The average molecular weight is 284 g/mol. The van der Waals surface area contributed by atoms with E-state index in [2.05, 4.69) is 22.5 Å². The number of likely N-dealkylation sites (N-methyl/N-ethyl adjacent to an activating group) is 1. The Morgan fingerprint density at radius 3 is 2.53 bits per heavy atom. The fourth-order valence-corrected chi connectivity index (χ4v) is 2.52. The van der Waals surface area contributed by atoms with Gasteiger partial charge in [0.1, 0.15) is 0 Å². The van der Waals surface area contributed by atoms with Gasteiger partial charge in [-0.2, -0.15) is 0 Å². The molecule has 0 bridgehead atoms. The molecule has 0 aromatic carbocycles. The first-order valence-corrected chi connectivity index (χ1v) is 5.90. The Morgan fingerprint density at radius 1 is 1.35 bits per heavy atom. The van der Waals surface area contributed by atoms with Crippen LogP contribution in [0.5, 0.6) is 0 Å². The van der Waals surface area contributed by atoms with E-state index in [9.17, 15) is 4.79 Å². The fraction of sp³-hybridized carbons (Fsp3) is 0.909. The Kier molecular flexibility index (Phi) is 7.40. The molecule has 0 radical (unpaired) electrons. The lowest BCUT2D eigenvalue weighted by Gasteiger charge is -2.19. The number of halogens is 2. The number of amides is 1. The van der Waals surface area contributed by atoms with Gasteiger partial charge in [-0.15, -0.1) is 24.8 Å². The SMILES string of the molecule is CNCC(=O)NC1CC(C)N(C2CC2)C1.Cl.Cl. The molecule has 2 fully saturated rings. The molecule has 1 aliphatic carbocycles. The van der Waals surface area contributed by atoms with E-state index in [1.54, 1.807) is 7.05 Å². The van der Waals surface area contributed by atoms with E-state index in [0.717, 1.165) is 19.0 Å². The van der Waals surface area contributed by atoms with Gasteiger partial charge in [-0.25, -0.2) is 0 Å². The Hall–Kier alpha value is -0.0300. The van der Waals surface area contributed by atoms with Crippen molar-refractivity contribution in [2.45, 2.75) is 44.3 Å². The van der Waals surface area contributed by atoms with Gasteiger partial charge >= 0.3 is 0 Å². The smallest absolute Gasteiger partial charge is 0.234 e. The highest BCUT2D eigenvalue weighted by atomic mass is 35.5. The minimum absolute atomic E-state index is 0. The lowest BCUT2D eigenvalue weighted by Crippen LogP contribution is -2.41. The predicted molar refractivity (Wildman–Crippen MR) is 74.2 cm³/mol. The van der Waals surface area contributed by atoms with Gasteiger partial charge in [-0.3, -0.25) is 9.69 Å². The average Bonchev–Trinajstić information content (AvgIpc) is 2.93. The summed E-state index contributed by atoms with van der Waals surface area (Å²) in [4.78, 5) is 14.0. The lowest BCUT2D eigenvalue weighted by molar-refractivity contribution is -0.120. The first-order valence-electron chi connectivity index (χ1n) is 5.90. The van der Waals surface area contributed by atoms with Crippen molar-refractivity contribution >= 4 is 30.7 Å². The highest BCUT2D eigenvalue weighted by molar-refractivity contribution is 5.85. The number of hydrogen-bond donors (Lipinski definition) is 2. The first kappa shape index (κ1) is 17.0. The molecular formula is C11H23Cl2N3O. The summed E-state index contributed by atoms with van der Waals surface area (Å²) in [5.41, 5.74) is 0. The van der Waals surface area contributed by atoms with Crippen LogP contribution in [-0.2, 0) is 4.79 Å². The summed E-state index contributed by atoms with van der Waals surface area (Å²) >= 11 is 0. The van der Waals surface area contributed by atoms with Gasteiger partial charge in [-0.05, 0) is 33.2 Å². The molecule has 2 N–H and O–H groups in total. The van der Waals surface area contributed by atoms with Gasteiger partial charge in [-0.1, -0.05) is 0 Å². The highest BCUT2D eigenvalue weighted by Crippen LogP contribution is 2.33. The molecule has 0 spiro atoms. The Morgan fingerprint density at radius 2 is 2.00 bits per heavy atom. The monoisotopic (exact) mass is 283 g/mol. The van der Waals surface area contributed by atoms with E-state index in [0.29, 0.717) is 18.6 Å². The van der Waals surface area contributed by atoms with Crippen molar-refractivity contribution in [3.05, 3.63) is 0 Å². The molecule has 17 heavy (non-hydrogen) atoms. The maximum absolute atomic E-state index is 11.4. The van der Waals surface area contributed by atoms with Crippen molar-refractivity contribution in [3.8, 4) is 0 Å². The molecule has 0 aromatic rings. The second-order valence-electron chi connectivity index (χ2n) is 4.81. The number of nitrogens with one attached hydrogen (secondary N) is 2. The van der Waals surface area contributed by atoms with E-state index < -0.39 is 0 Å². The molecule has 1 heterocycles. The van der Waals surface area contributed by atoms with Gasteiger partial charge in [0.05, 0.1) is 6.54 Å². The van der Waals surface area contributed by atoms with Crippen LogP contribution in [0, 0.1) is 0 Å². The van der Waals surface area contributed by atoms with E-state index in [1.165, 1.54) is 12.8 Å². The molecule has 1 saturated heterocycles. The zero-order chi connectivity index (χ0) is 10.8. The number of nitrogens with zero attached hydrogens (tertiary/aromatic N) is 1. The van der Waals surface area contributed by atoms with Gasteiger partial charge in [0.2, 0.25) is 5.91 Å². The van der Waals surface area contributed by atoms with Crippen molar-refractivity contribution in [3.63, 3.8) is 0 Å². The summed E-state index contributed by atoms with van der Waals surface area (Å²) in [5.74, 6) is 0.118. The molecule has 2 rings (SSSR count). The van der Waals surface area contributed by atoms with Crippen LogP contribution in [-0.4, -0.2) is 49.1 Å². The first-order chi connectivity index (χ1) is 7.20. The number of carbonyl (C=O) groups excluding carboxylic acids is 1. The largest absolute Gasteiger partial charge is 0.351 e.